The fraction of sp³-hybridized carbons (Fsp3) is 0.278. The number of rotatable bonds is 8. The summed E-state index contributed by atoms with van der Waals surface area (Å²) in [5.41, 5.74) is 0.607. The van der Waals surface area contributed by atoms with Crippen LogP contribution in [0.4, 0.5) is 5.69 Å². The summed E-state index contributed by atoms with van der Waals surface area (Å²) in [5.74, 6) is -0.249. The van der Waals surface area contributed by atoms with Crippen molar-refractivity contribution in [1.29, 1.82) is 0 Å². The maximum Gasteiger partial charge on any atom is 0.247 e. The molecule has 1 amide bonds. The van der Waals surface area contributed by atoms with Crippen LogP contribution in [-0.2, 0) is 14.8 Å². The van der Waals surface area contributed by atoms with Crippen molar-refractivity contribution >= 4 is 45.0 Å². The molecule has 0 saturated carbocycles. The van der Waals surface area contributed by atoms with Crippen molar-refractivity contribution in [3.63, 3.8) is 0 Å². The van der Waals surface area contributed by atoms with Crippen LogP contribution in [-0.4, -0.2) is 45.1 Å². The van der Waals surface area contributed by atoms with E-state index in [0.29, 0.717) is 12.3 Å². The maximum atomic E-state index is 12.9. The standard InChI is InChI=1S/C18H21ClN2O4S2/c1-4-25-16-9-8-13(19)10-17(16)27(23,24)21(2)12-18(22)20-14-6-5-7-15(11-14)26-3/h5-11H,4,12H2,1-3H3,(H,20,22). The van der Waals surface area contributed by atoms with Crippen molar-refractivity contribution in [2.75, 3.05) is 31.8 Å². The zero-order chi connectivity index (χ0) is 20.0. The molecule has 2 rings (SSSR count). The highest BCUT2D eigenvalue weighted by Gasteiger charge is 2.27. The summed E-state index contributed by atoms with van der Waals surface area (Å²) < 4.78 is 32.1. The summed E-state index contributed by atoms with van der Waals surface area (Å²) in [5, 5.41) is 2.97. The minimum Gasteiger partial charge on any atom is -0.492 e. The van der Waals surface area contributed by atoms with Gasteiger partial charge in [-0.25, -0.2) is 8.42 Å². The lowest BCUT2D eigenvalue weighted by atomic mass is 10.3. The fourth-order valence-electron chi connectivity index (χ4n) is 2.31. The van der Waals surface area contributed by atoms with Gasteiger partial charge in [-0.1, -0.05) is 17.7 Å². The van der Waals surface area contributed by atoms with Gasteiger partial charge in [-0.3, -0.25) is 4.79 Å². The number of carbonyl (C=O) groups excluding carboxylic acids is 1. The Kier molecular flexibility index (Phi) is 7.55. The first kappa shape index (κ1) is 21.6. The van der Waals surface area contributed by atoms with Gasteiger partial charge < -0.3 is 10.1 Å². The molecule has 6 nitrogen and oxygen atoms in total. The van der Waals surface area contributed by atoms with Crippen LogP contribution in [0.15, 0.2) is 52.3 Å². The van der Waals surface area contributed by atoms with Crippen molar-refractivity contribution in [1.82, 2.24) is 4.31 Å². The maximum absolute atomic E-state index is 12.9. The number of anilines is 1. The molecule has 0 bridgehead atoms. The fourth-order valence-corrected chi connectivity index (χ4v) is 4.29. The number of nitrogens with zero attached hydrogens (tertiary/aromatic N) is 1. The molecule has 2 aromatic rings. The molecule has 0 unspecified atom stereocenters. The quantitative estimate of drug-likeness (QED) is 0.648. The molecule has 9 heteroatoms. The first-order valence-corrected chi connectivity index (χ1v) is 11.1. The zero-order valence-electron chi connectivity index (χ0n) is 15.2. The van der Waals surface area contributed by atoms with E-state index < -0.39 is 15.9 Å². The number of benzene rings is 2. The number of halogens is 1. The van der Waals surface area contributed by atoms with Gasteiger partial charge in [0, 0.05) is 22.7 Å². The molecule has 146 valence electrons. The first-order valence-electron chi connectivity index (χ1n) is 8.10. The van der Waals surface area contributed by atoms with E-state index >= 15 is 0 Å². The molecular formula is C18H21ClN2O4S2. The molecule has 0 fully saturated rings. The molecule has 0 heterocycles. The van der Waals surface area contributed by atoms with Gasteiger partial charge in [-0.2, -0.15) is 4.31 Å². The van der Waals surface area contributed by atoms with Crippen LogP contribution in [0.1, 0.15) is 6.92 Å². The molecule has 0 saturated heterocycles. The molecule has 0 aliphatic rings. The Morgan fingerprint density at radius 2 is 2.00 bits per heavy atom. The topological polar surface area (TPSA) is 75.7 Å². The van der Waals surface area contributed by atoms with E-state index in [0.717, 1.165) is 9.20 Å². The van der Waals surface area contributed by atoms with Crippen molar-refractivity contribution in [2.24, 2.45) is 0 Å². The number of amides is 1. The van der Waals surface area contributed by atoms with E-state index in [1.165, 1.54) is 19.2 Å². The van der Waals surface area contributed by atoms with Gasteiger partial charge >= 0.3 is 0 Å². The molecule has 0 aromatic heterocycles. The summed E-state index contributed by atoms with van der Waals surface area (Å²) in [4.78, 5) is 13.2. The molecule has 0 aliphatic heterocycles. The number of ether oxygens (including phenoxy) is 1. The molecule has 0 atom stereocenters. The van der Waals surface area contributed by atoms with Crippen molar-refractivity contribution < 1.29 is 17.9 Å². The highest BCUT2D eigenvalue weighted by molar-refractivity contribution is 7.98. The van der Waals surface area contributed by atoms with Gasteiger partial charge in [0.2, 0.25) is 15.9 Å². The third-order valence-electron chi connectivity index (χ3n) is 3.61. The lowest BCUT2D eigenvalue weighted by Crippen LogP contribution is -2.35. The second-order valence-electron chi connectivity index (χ2n) is 5.57. The Balaban J connectivity index is 2.17. The van der Waals surface area contributed by atoms with Gasteiger partial charge in [0.05, 0.1) is 13.2 Å². The molecule has 0 radical (unpaired) electrons. The Morgan fingerprint density at radius 1 is 1.26 bits per heavy atom. The summed E-state index contributed by atoms with van der Waals surface area (Å²) in [6, 6.07) is 11.7. The molecule has 27 heavy (non-hydrogen) atoms. The van der Waals surface area contributed by atoms with Crippen LogP contribution in [0.3, 0.4) is 0 Å². The lowest BCUT2D eigenvalue weighted by molar-refractivity contribution is -0.116. The zero-order valence-corrected chi connectivity index (χ0v) is 17.6. The van der Waals surface area contributed by atoms with Gasteiger partial charge in [0.1, 0.15) is 10.6 Å². The predicted molar refractivity (Wildman–Crippen MR) is 109 cm³/mol. The lowest BCUT2D eigenvalue weighted by Gasteiger charge is -2.19. The smallest absolute Gasteiger partial charge is 0.247 e. The van der Waals surface area contributed by atoms with Crippen molar-refractivity contribution in [3.8, 4) is 5.75 Å². The van der Waals surface area contributed by atoms with Crippen LogP contribution in [0.2, 0.25) is 5.02 Å². The average Bonchev–Trinajstić information content (AvgIpc) is 2.63. The number of likely N-dealkylation sites (N-methyl/N-ethyl adjacent to an activating group) is 1. The van der Waals surface area contributed by atoms with Crippen LogP contribution < -0.4 is 10.1 Å². The minimum atomic E-state index is -3.96. The largest absolute Gasteiger partial charge is 0.492 e. The Morgan fingerprint density at radius 3 is 2.67 bits per heavy atom. The van der Waals surface area contributed by atoms with Gasteiger partial charge in [-0.05, 0) is 49.6 Å². The van der Waals surface area contributed by atoms with Crippen LogP contribution >= 0.6 is 23.4 Å². The highest BCUT2D eigenvalue weighted by atomic mass is 35.5. The molecule has 2 aromatic carbocycles. The molecule has 0 spiro atoms. The minimum absolute atomic E-state index is 0.0727. The average molecular weight is 429 g/mol. The van der Waals surface area contributed by atoms with E-state index in [-0.39, 0.29) is 22.2 Å². The third kappa shape index (κ3) is 5.62. The van der Waals surface area contributed by atoms with E-state index in [4.69, 9.17) is 16.3 Å². The van der Waals surface area contributed by atoms with Gasteiger partial charge in [-0.15, -0.1) is 11.8 Å². The van der Waals surface area contributed by atoms with E-state index in [2.05, 4.69) is 5.32 Å². The van der Waals surface area contributed by atoms with Crippen LogP contribution in [0, 0.1) is 0 Å². The molecule has 0 aliphatic carbocycles. The Labute approximate surface area is 168 Å². The summed E-state index contributed by atoms with van der Waals surface area (Å²) >= 11 is 7.50. The van der Waals surface area contributed by atoms with Crippen molar-refractivity contribution in [3.05, 3.63) is 47.5 Å². The SMILES string of the molecule is CCOc1ccc(Cl)cc1S(=O)(=O)N(C)CC(=O)Nc1cccc(SC)c1. The number of nitrogens with one attached hydrogen (secondary N) is 1. The summed E-state index contributed by atoms with van der Waals surface area (Å²) in [6.45, 7) is 1.72. The van der Waals surface area contributed by atoms with Crippen LogP contribution in [0.5, 0.6) is 5.75 Å². The number of thioether (sulfide) groups is 1. The summed E-state index contributed by atoms with van der Waals surface area (Å²) in [7, 11) is -2.62. The number of carbonyl (C=O) groups is 1. The number of sulfonamides is 1. The Bertz CT molecular complexity index is 919. The monoisotopic (exact) mass is 428 g/mol. The first-order chi connectivity index (χ1) is 12.8. The van der Waals surface area contributed by atoms with Gasteiger partial charge in [0.15, 0.2) is 0 Å². The van der Waals surface area contributed by atoms with Gasteiger partial charge in [0.25, 0.3) is 0 Å². The predicted octanol–water partition coefficient (Wildman–Crippen LogP) is 3.72. The molecule has 1 N–H and O–H groups in total. The number of hydrogen-bond donors (Lipinski definition) is 1. The van der Waals surface area contributed by atoms with E-state index in [9.17, 15) is 13.2 Å². The highest BCUT2D eigenvalue weighted by Crippen LogP contribution is 2.29. The normalized spacial score (nSPS) is 11.4. The second-order valence-corrected chi connectivity index (χ2v) is 8.89. The number of hydrogen-bond acceptors (Lipinski definition) is 5. The van der Waals surface area contributed by atoms with Crippen molar-refractivity contribution in [2.45, 2.75) is 16.7 Å². The van der Waals surface area contributed by atoms with E-state index in [1.807, 2.05) is 24.5 Å². The molecular weight excluding hydrogens is 408 g/mol. The second kappa shape index (κ2) is 9.45. The van der Waals surface area contributed by atoms with E-state index in [1.54, 1.807) is 30.8 Å². The Hall–Kier alpha value is -1.74. The summed E-state index contributed by atoms with van der Waals surface area (Å²) in [6.07, 6.45) is 1.93. The van der Waals surface area contributed by atoms with Crippen LogP contribution in [0.25, 0.3) is 0 Å². The third-order valence-corrected chi connectivity index (χ3v) is 6.40.